The summed E-state index contributed by atoms with van der Waals surface area (Å²) in [5, 5.41) is 15.2. The summed E-state index contributed by atoms with van der Waals surface area (Å²) >= 11 is 5.93. The summed E-state index contributed by atoms with van der Waals surface area (Å²) < 4.78 is 5.16. The molecule has 26 heavy (non-hydrogen) atoms. The van der Waals surface area contributed by atoms with Crippen molar-refractivity contribution in [2.75, 3.05) is 32.1 Å². The number of halogens is 1. The van der Waals surface area contributed by atoms with E-state index in [1.54, 1.807) is 18.2 Å². The van der Waals surface area contributed by atoms with Crippen LogP contribution in [-0.4, -0.2) is 43.5 Å². The van der Waals surface area contributed by atoms with E-state index in [2.05, 4.69) is 10.6 Å². The van der Waals surface area contributed by atoms with E-state index in [4.69, 9.17) is 16.3 Å². The molecule has 0 spiro atoms. The van der Waals surface area contributed by atoms with Crippen LogP contribution in [0.1, 0.15) is 19.3 Å². The van der Waals surface area contributed by atoms with E-state index in [0.717, 1.165) is 19.4 Å². The molecule has 0 atom stereocenters. The topological polar surface area (TPSA) is 94.5 Å². The number of hydrogen-bond acceptors (Lipinski definition) is 5. The minimum atomic E-state index is -0.560. The van der Waals surface area contributed by atoms with Gasteiger partial charge in [0.2, 0.25) is 5.91 Å². The Morgan fingerprint density at radius 3 is 2.96 bits per heavy atom. The van der Waals surface area contributed by atoms with Gasteiger partial charge >= 0.3 is 0 Å². The normalized spacial score (nSPS) is 14.1. The molecule has 0 radical (unpaired) electrons. The molecule has 8 heteroatoms. The third-order valence-corrected chi connectivity index (χ3v) is 4.18. The highest BCUT2D eigenvalue weighted by Crippen LogP contribution is 2.27. The molecule has 1 fully saturated rings. The number of nitriles is 1. The number of methoxy groups -OCH3 is 1. The van der Waals surface area contributed by atoms with Gasteiger partial charge in [-0.05, 0) is 31.0 Å². The maximum atomic E-state index is 12.2. The molecule has 7 nitrogen and oxygen atoms in total. The van der Waals surface area contributed by atoms with Crippen LogP contribution in [0, 0.1) is 11.3 Å². The molecule has 0 aromatic heterocycles. The zero-order chi connectivity index (χ0) is 18.9. The van der Waals surface area contributed by atoms with Crippen LogP contribution in [0.25, 0.3) is 0 Å². The second-order valence-electron chi connectivity index (χ2n) is 5.76. The molecular weight excluding hydrogens is 356 g/mol. The van der Waals surface area contributed by atoms with Crippen molar-refractivity contribution in [2.45, 2.75) is 19.3 Å². The Hall–Kier alpha value is -2.72. The summed E-state index contributed by atoms with van der Waals surface area (Å²) in [6.07, 6.45) is 3.65. The average Bonchev–Trinajstić information content (AvgIpc) is 3.03. The molecule has 1 aromatic rings. The van der Waals surface area contributed by atoms with Crippen LogP contribution in [-0.2, 0) is 9.59 Å². The summed E-state index contributed by atoms with van der Waals surface area (Å²) in [6, 6.07) is 6.68. The average molecular weight is 377 g/mol. The van der Waals surface area contributed by atoms with Gasteiger partial charge in [-0.25, -0.2) is 0 Å². The number of nitrogens with zero attached hydrogens (tertiary/aromatic N) is 2. The van der Waals surface area contributed by atoms with Gasteiger partial charge in [0.25, 0.3) is 5.91 Å². The summed E-state index contributed by atoms with van der Waals surface area (Å²) in [5.74, 6) is 0.0756. The number of benzene rings is 1. The molecule has 0 saturated carbocycles. The van der Waals surface area contributed by atoms with Gasteiger partial charge in [0.15, 0.2) is 0 Å². The second kappa shape index (κ2) is 9.68. The molecule has 0 unspecified atom stereocenters. The van der Waals surface area contributed by atoms with E-state index in [-0.39, 0.29) is 11.5 Å². The first-order valence-corrected chi connectivity index (χ1v) is 8.69. The standard InChI is InChI=1S/C18H21ClN4O3/c1-26-16-6-5-14(19)10-15(16)22-18(25)13(11-20)12-21-7-3-9-23-8-2-4-17(23)24/h5-6,10,12,21H,2-4,7-9H2,1H3,(H,22,25)/b13-12-. The van der Waals surface area contributed by atoms with Crippen molar-refractivity contribution in [2.24, 2.45) is 0 Å². The van der Waals surface area contributed by atoms with Crippen molar-refractivity contribution in [3.05, 3.63) is 35.0 Å². The smallest absolute Gasteiger partial charge is 0.267 e. The van der Waals surface area contributed by atoms with Gasteiger partial charge in [-0.1, -0.05) is 11.6 Å². The number of hydrogen-bond donors (Lipinski definition) is 2. The number of anilines is 1. The number of rotatable bonds is 8. The highest BCUT2D eigenvalue weighted by Gasteiger charge is 2.19. The molecule has 2 N–H and O–H groups in total. The van der Waals surface area contributed by atoms with E-state index in [9.17, 15) is 14.9 Å². The van der Waals surface area contributed by atoms with E-state index >= 15 is 0 Å². The number of likely N-dealkylation sites (tertiary alicyclic amines) is 1. The Labute approximate surface area is 157 Å². The largest absolute Gasteiger partial charge is 0.495 e. The Kier molecular flexibility index (Phi) is 7.30. The molecule has 2 amide bonds. The van der Waals surface area contributed by atoms with E-state index in [1.807, 2.05) is 11.0 Å². The van der Waals surface area contributed by atoms with E-state index < -0.39 is 5.91 Å². The van der Waals surface area contributed by atoms with Crippen molar-refractivity contribution in [1.82, 2.24) is 10.2 Å². The molecule has 0 bridgehead atoms. The fraction of sp³-hybridized carbons (Fsp3) is 0.389. The number of ether oxygens (including phenoxy) is 1. The highest BCUT2D eigenvalue weighted by atomic mass is 35.5. The lowest BCUT2D eigenvalue weighted by Gasteiger charge is -2.14. The van der Waals surface area contributed by atoms with Crippen molar-refractivity contribution in [3.8, 4) is 11.8 Å². The molecular formula is C18H21ClN4O3. The predicted molar refractivity (Wildman–Crippen MR) is 98.8 cm³/mol. The van der Waals surface area contributed by atoms with Gasteiger partial charge < -0.3 is 20.3 Å². The van der Waals surface area contributed by atoms with Crippen LogP contribution in [0.5, 0.6) is 5.75 Å². The highest BCUT2D eigenvalue weighted by molar-refractivity contribution is 6.31. The summed E-state index contributed by atoms with van der Waals surface area (Å²) in [6.45, 7) is 2.04. The number of nitrogens with one attached hydrogen (secondary N) is 2. The first-order valence-electron chi connectivity index (χ1n) is 8.31. The number of carbonyl (C=O) groups is 2. The lowest BCUT2D eigenvalue weighted by molar-refractivity contribution is -0.127. The SMILES string of the molecule is COc1ccc(Cl)cc1NC(=O)/C(C#N)=C\NCCCN1CCCC1=O. The molecule has 1 heterocycles. The van der Waals surface area contributed by atoms with Gasteiger partial charge in [-0.3, -0.25) is 9.59 Å². The Morgan fingerprint density at radius 1 is 1.50 bits per heavy atom. The van der Waals surface area contributed by atoms with Crippen LogP contribution in [0.4, 0.5) is 5.69 Å². The maximum Gasteiger partial charge on any atom is 0.267 e. The molecule has 1 aliphatic heterocycles. The Morgan fingerprint density at radius 2 is 2.31 bits per heavy atom. The lowest BCUT2D eigenvalue weighted by Crippen LogP contribution is -2.27. The third-order valence-electron chi connectivity index (χ3n) is 3.94. The molecule has 1 aromatic carbocycles. The van der Waals surface area contributed by atoms with Gasteiger partial charge in [-0.2, -0.15) is 5.26 Å². The quantitative estimate of drug-likeness (QED) is 0.412. The van der Waals surface area contributed by atoms with Gasteiger partial charge in [-0.15, -0.1) is 0 Å². The van der Waals surface area contributed by atoms with Gasteiger partial charge in [0.05, 0.1) is 12.8 Å². The molecule has 2 rings (SSSR count). The van der Waals surface area contributed by atoms with E-state index in [1.165, 1.54) is 13.3 Å². The van der Waals surface area contributed by atoms with Crippen LogP contribution in [0.3, 0.4) is 0 Å². The third kappa shape index (κ3) is 5.39. The van der Waals surface area contributed by atoms with Crippen LogP contribution >= 0.6 is 11.6 Å². The van der Waals surface area contributed by atoms with Crippen LogP contribution in [0.2, 0.25) is 5.02 Å². The summed E-state index contributed by atoms with van der Waals surface area (Å²) in [4.78, 5) is 25.6. The Bertz CT molecular complexity index is 742. The first-order chi connectivity index (χ1) is 12.5. The summed E-state index contributed by atoms with van der Waals surface area (Å²) in [7, 11) is 1.48. The number of amides is 2. The zero-order valence-corrected chi connectivity index (χ0v) is 15.3. The minimum absolute atomic E-state index is 0.0655. The fourth-order valence-corrected chi connectivity index (χ4v) is 2.77. The van der Waals surface area contributed by atoms with Crippen molar-refractivity contribution in [1.29, 1.82) is 5.26 Å². The number of carbonyl (C=O) groups excluding carboxylic acids is 2. The van der Waals surface area contributed by atoms with E-state index in [0.29, 0.717) is 36.0 Å². The molecule has 1 aliphatic rings. The minimum Gasteiger partial charge on any atom is -0.495 e. The fourth-order valence-electron chi connectivity index (χ4n) is 2.60. The van der Waals surface area contributed by atoms with Crippen LogP contribution in [0.15, 0.2) is 30.0 Å². The van der Waals surface area contributed by atoms with Crippen molar-refractivity contribution in [3.63, 3.8) is 0 Å². The molecule has 138 valence electrons. The first kappa shape index (κ1) is 19.6. The second-order valence-corrected chi connectivity index (χ2v) is 6.20. The Balaban J connectivity index is 1.86. The van der Waals surface area contributed by atoms with Crippen molar-refractivity contribution >= 4 is 29.1 Å². The van der Waals surface area contributed by atoms with Crippen LogP contribution < -0.4 is 15.4 Å². The van der Waals surface area contributed by atoms with Gasteiger partial charge in [0.1, 0.15) is 17.4 Å². The maximum absolute atomic E-state index is 12.2. The summed E-state index contributed by atoms with van der Waals surface area (Å²) in [5.41, 5.74) is 0.322. The predicted octanol–water partition coefficient (Wildman–Crippen LogP) is 2.30. The monoisotopic (exact) mass is 376 g/mol. The zero-order valence-electron chi connectivity index (χ0n) is 14.5. The van der Waals surface area contributed by atoms with Gasteiger partial charge in [0, 0.05) is 37.3 Å². The molecule has 1 saturated heterocycles. The molecule has 0 aliphatic carbocycles. The lowest BCUT2D eigenvalue weighted by atomic mass is 10.2. The van der Waals surface area contributed by atoms with Crippen molar-refractivity contribution < 1.29 is 14.3 Å².